The van der Waals surface area contributed by atoms with Crippen molar-refractivity contribution < 1.29 is 23.1 Å². The molecular formula is C16H12ClF3N4O2. The third-order valence-electron chi connectivity index (χ3n) is 3.50. The fraction of sp³-hybridized carbons (Fsp3) is 0.188. The minimum absolute atomic E-state index is 0.145. The highest BCUT2D eigenvalue weighted by Gasteiger charge is 2.24. The number of nitrogens with one attached hydrogen (secondary N) is 2. The Bertz CT molecular complexity index is 889. The summed E-state index contributed by atoms with van der Waals surface area (Å²) in [6.07, 6.45) is -1.36. The first-order chi connectivity index (χ1) is 12.2. The van der Waals surface area contributed by atoms with E-state index in [1.165, 1.54) is 13.0 Å². The van der Waals surface area contributed by atoms with Crippen LogP contribution in [0.2, 0.25) is 5.15 Å². The van der Waals surface area contributed by atoms with Crippen molar-refractivity contribution in [3.05, 3.63) is 58.0 Å². The van der Waals surface area contributed by atoms with E-state index in [2.05, 4.69) is 15.6 Å². The van der Waals surface area contributed by atoms with Gasteiger partial charge in [0.25, 0.3) is 0 Å². The number of amides is 1. The lowest BCUT2D eigenvalue weighted by atomic mass is 10.00. The zero-order chi connectivity index (χ0) is 19.4. The monoisotopic (exact) mass is 384 g/mol. The molecule has 1 aromatic heterocycles. The van der Waals surface area contributed by atoms with Gasteiger partial charge in [-0.25, -0.2) is 22.9 Å². The third-order valence-corrected chi connectivity index (χ3v) is 3.78. The molecule has 1 aromatic carbocycles. The minimum atomic E-state index is -1.36. The first-order valence-electron chi connectivity index (χ1n) is 7.20. The number of nitriles is 1. The Labute approximate surface area is 151 Å². The summed E-state index contributed by atoms with van der Waals surface area (Å²) in [6.45, 7) is 1.44. The number of benzene rings is 1. The van der Waals surface area contributed by atoms with E-state index >= 15 is 0 Å². The van der Waals surface area contributed by atoms with Gasteiger partial charge in [-0.1, -0.05) is 17.7 Å². The quantitative estimate of drug-likeness (QED) is 0.680. The average molecular weight is 385 g/mol. The van der Waals surface area contributed by atoms with Crippen LogP contribution in [-0.4, -0.2) is 22.2 Å². The molecule has 0 spiro atoms. The van der Waals surface area contributed by atoms with Crippen LogP contribution in [0.1, 0.15) is 24.1 Å². The van der Waals surface area contributed by atoms with E-state index in [1.54, 1.807) is 6.07 Å². The van der Waals surface area contributed by atoms with Gasteiger partial charge >= 0.3 is 6.09 Å². The van der Waals surface area contributed by atoms with Gasteiger partial charge in [0.15, 0.2) is 23.3 Å². The zero-order valence-electron chi connectivity index (χ0n) is 13.2. The van der Waals surface area contributed by atoms with Crippen LogP contribution in [0.25, 0.3) is 0 Å². The van der Waals surface area contributed by atoms with Crippen LogP contribution in [0.5, 0.6) is 0 Å². The first kappa shape index (κ1) is 19.3. The number of rotatable bonds is 5. The molecule has 26 heavy (non-hydrogen) atoms. The molecule has 0 radical (unpaired) electrons. The van der Waals surface area contributed by atoms with E-state index < -0.39 is 35.6 Å². The van der Waals surface area contributed by atoms with Crippen molar-refractivity contribution in [2.24, 2.45) is 0 Å². The van der Waals surface area contributed by atoms with Gasteiger partial charge in [-0.05, 0) is 30.7 Å². The Balaban J connectivity index is 2.44. The predicted octanol–water partition coefficient (Wildman–Crippen LogP) is 3.83. The van der Waals surface area contributed by atoms with Gasteiger partial charge in [-0.3, -0.25) is 0 Å². The van der Waals surface area contributed by atoms with Gasteiger partial charge in [0, 0.05) is 0 Å². The second-order valence-electron chi connectivity index (χ2n) is 5.30. The van der Waals surface area contributed by atoms with Crippen LogP contribution in [0.4, 0.5) is 23.8 Å². The first-order valence-corrected chi connectivity index (χ1v) is 7.57. The lowest BCUT2D eigenvalue weighted by Crippen LogP contribution is -2.39. The summed E-state index contributed by atoms with van der Waals surface area (Å²) in [7, 11) is 0. The molecule has 0 fully saturated rings. The van der Waals surface area contributed by atoms with Gasteiger partial charge in [0.05, 0.1) is 17.6 Å². The fourth-order valence-electron chi connectivity index (χ4n) is 2.27. The lowest BCUT2D eigenvalue weighted by molar-refractivity contribution is 0.189. The van der Waals surface area contributed by atoms with Gasteiger partial charge in [-0.15, -0.1) is 0 Å². The van der Waals surface area contributed by atoms with Crippen molar-refractivity contribution in [2.45, 2.75) is 19.0 Å². The molecule has 6 nitrogen and oxygen atoms in total. The summed E-state index contributed by atoms with van der Waals surface area (Å²) in [5.41, 5.74) is -0.0392. The number of halogens is 4. The lowest BCUT2D eigenvalue weighted by Gasteiger charge is -2.26. The number of aromatic nitrogens is 1. The summed E-state index contributed by atoms with van der Waals surface area (Å²) in [5.74, 6) is -3.52. The van der Waals surface area contributed by atoms with Crippen LogP contribution < -0.4 is 10.6 Å². The summed E-state index contributed by atoms with van der Waals surface area (Å²) < 4.78 is 40.9. The molecule has 3 N–H and O–H groups in total. The summed E-state index contributed by atoms with van der Waals surface area (Å²) in [4.78, 5) is 14.6. The van der Waals surface area contributed by atoms with Crippen LogP contribution in [-0.2, 0) is 0 Å². The number of carbonyl (C=O) groups is 1. The molecule has 2 aromatic rings. The summed E-state index contributed by atoms with van der Waals surface area (Å²) >= 11 is 5.78. The Morgan fingerprint density at radius 1 is 1.27 bits per heavy atom. The molecule has 0 aliphatic heterocycles. The Morgan fingerprint density at radius 2 is 1.96 bits per heavy atom. The van der Waals surface area contributed by atoms with Crippen LogP contribution in [0, 0.1) is 28.8 Å². The van der Waals surface area contributed by atoms with Gasteiger partial charge < -0.3 is 15.7 Å². The van der Waals surface area contributed by atoms with Crippen LogP contribution >= 0.6 is 11.6 Å². The minimum Gasteiger partial charge on any atom is -0.465 e. The molecule has 0 saturated carbocycles. The molecule has 2 atom stereocenters. The molecule has 0 aliphatic rings. The topological polar surface area (TPSA) is 98.0 Å². The Kier molecular flexibility index (Phi) is 5.90. The predicted molar refractivity (Wildman–Crippen MR) is 87.3 cm³/mol. The normalized spacial score (nSPS) is 12.8. The standard InChI is InChI=1S/C16H12ClF3N4O2/c1-7(22-16(25)26)13(8-2-3-10(18)11(19)4-8)23-15-12(20)5-9(6-21)14(17)24-15/h2-5,7,13,22H,1H3,(H,23,24)(H,25,26)/t7-,13+/m0/s1. The Morgan fingerprint density at radius 3 is 2.54 bits per heavy atom. The summed E-state index contributed by atoms with van der Waals surface area (Å²) in [6, 6.07) is 3.58. The molecule has 0 saturated heterocycles. The molecule has 0 bridgehead atoms. The highest BCUT2D eigenvalue weighted by atomic mass is 35.5. The number of hydrogen-bond acceptors (Lipinski definition) is 4. The smallest absolute Gasteiger partial charge is 0.404 e. The highest BCUT2D eigenvalue weighted by Crippen LogP contribution is 2.27. The number of hydrogen-bond donors (Lipinski definition) is 3. The average Bonchev–Trinajstić information content (AvgIpc) is 2.57. The maximum absolute atomic E-state index is 14.2. The van der Waals surface area contributed by atoms with Gasteiger partial charge in [0.2, 0.25) is 0 Å². The van der Waals surface area contributed by atoms with Crippen molar-refractivity contribution >= 4 is 23.5 Å². The molecule has 136 valence electrons. The molecule has 1 heterocycles. The van der Waals surface area contributed by atoms with E-state index in [-0.39, 0.29) is 22.1 Å². The van der Waals surface area contributed by atoms with Crippen molar-refractivity contribution in [1.29, 1.82) is 5.26 Å². The number of pyridine rings is 1. The maximum atomic E-state index is 14.2. The fourth-order valence-corrected chi connectivity index (χ4v) is 2.46. The van der Waals surface area contributed by atoms with Crippen molar-refractivity contribution in [3.63, 3.8) is 0 Å². The highest BCUT2D eigenvalue weighted by molar-refractivity contribution is 6.30. The van der Waals surface area contributed by atoms with Crippen molar-refractivity contribution in [2.75, 3.05) is 5.32 Å². The van der Waals surface area contributed by atoms with Crippen molar-refractivity contribution in [3.8, 4) is 6.07 Å². The zero-order valence-corrected chi connectivity index (χ0v) is 14.0. The van der Waals surface area contributed by atoms with E-state index in [4.69, 9.17) is 22.0 Å². The van der Waals surface area contributed by atoms with E-state index in [1.807, 2.05) is 0 Å². The Hall–Kier alpha value is -2.99. The molecule has 0 unspecified atom stereocenters. The second kappa shape index (κ2) is 7.93. The molecular weight excluding hydrogens is 373 g/mol. The van der Waals surface area contributed by atoms with E-state index in [0.29, 0.717) is 0 Å². The second-order valence-corrected chi connectivity index (χ2v) is 5.66. The molecule has 10 heteroatoms. The third kappa shape index (κ3) is 4.34. The number of nitrogens with zero attached hydrogens (tertiary/aromatic N) is 2. The number of carboxylic acid groups (broad SMARTS) is 1. The van der Waals surface area contributed by atoms with E-state index in [0.717, 1.165) is 18.2 Å². The van der Waals surface area contributed by atoms with E-state index in [9.17, 15) is 18.0 Å². The largest absolute Gasteiger partial charge is 0.465 e. The number of anilines is 1. The molecule has 0 aliphatic carbocycles. The summed E-state index contributed by atoms with van der Waals surface area (Å²) in [5, 5.41) is 22.2. The van der Waals surface area contributed by atoms with Gasteiger partial charge in [-0.2, -0.15) is 5.26 Å². The molecule has 1 amide bonds. The van der Waals surface area contributed by atoms with Crippen LogP contribution in [0.15, 0.2) is 24.3 Å². The van der Waals surface area contributed by atoms with Gasteiger partial charge in [0.1, 0.15) is 11.2 Å². The molecule has 2 rings (SSSR count). The maximum Gasteiger partial charge on any atom is 0.404 e. The SMILES string of the molecule is C[C@H](NC(=O)O)[C@@H](Nc1nc(Cl)c(C#N)cc1F)c1ccc(F)c(F)c1. The van der Waals surface area contributed by atoms with Crippen molar-refractivity contribution in [1.82, 2.24) is 10.3 Å². The van der Waals surface area contributed by atoms with Crippen LogP contribution in [0.3, 0.4) is 0 Å².